The molecule has 1 aromatic heterocycles. The summed E-state index contributed by atoms with van der Waals surface area (Å²) >= 11 is 0. The number of nitrogens with one attached hydrogen (secondary N) is 1. The normalized spacial score (nSPS) is 20.1. The molecule has 2 amide bonds. The Bertz CT molecular complexity index is 915. The number of anilines is 2. The van der Waals surface area contributed by atoms with Crippen molar-refractivity contribution in [2.24, 2.45) is 11.8 Å². The summed E-state index contributed by atoms with van der Waals surface area (Å²) in [5, 5.41) is 11.0. The van der Waals surface area contributed by atoms with Crippen LogP contribution in [0.5, 0.6) is 0 Å². The van der Waals surface area contributed by atoms with E-state index in [0.717, 1.165) is 50.3 Å². The standard InChI is InChI=1S/C24H29N5O2/c30-23(20-15-29(16-20)22-5-2-12-25-27-22)26-21-8-6-17(7-9-21)18-10-13-28(14-11-18)24(31)19-3-1-4-19/h2,5-9,12,18-20H,1,3-4,10-11,13-16H2,(H,26,30). The van der Waals surface area contributed by atoms with E-state index in [4.69, 9.17) is 0 Å². The lowest BCUT2D eigenvalue weighted by Gasteiger charge is -2.38. The number of benzene rings is 1. The van der Waals surface area contributed by atoms with Gasteiger partial charge in [0.25, 0.3) is 0 Å². The topological polar surface area (TPSA) is 78.4 Å². The van der Waals surface area contributed by atoms with Gasteiger partial charge in [-0.25, -0.2) is 0 Å². The monoisotopic (exact) mass is 419 g/mol. The maximum Gasteiger partial charge on any atom is 0.231 e. The smallest absolute Gasteiger partial charge is 0.231 e. The Kier molecular flexibility index (Phi) is 5.57. The zero-order chi connectivity index (χ0) is 21.2. The Morgan fingerprint density at radius 3 is 2.29 bits per heavy atom. The molecule has 0 spiro atoms. The molecule has 3 aliphatic rings. The molecule has 0 unspecified atom stereocenters. The number of rotatable bonds is 5. The van der Waals surface area contributed by atoms with Crippen molar-refractivity contribution in [2.45, 2.75) is 38.0 Å². The van der Waals surface area contributed by atoms with Crippen LogP contribution in [0.3, 0.4) is 0 Å². The van der Waals surface area contributed by atoms with Crippen LogP contribution in [0.15, 0.2) is 42.6 Å². The van der Waals surface area contributed by atoms with Gasteiger partial charge in [-0.1, -0.05) is 18.6 Å². The van der Waals surface area contributed by atoms with E-state index in [1.54, 1.807) is 6.20 Å². The Balaban J connectivity index is 1.09. The first-order valence-electron chi connectivity index (χ1n) is 11.4. The second kappa shape index (κ2) is 8.65. The van der Waals surface area contributed by atoms with Gasteiger partial charge in [0, 0.05) is 44.0 Å². The number of hydrogen-bond acceptors (Lipinski definition) is 5. The van der Waals surface area contributed by atoms with Gasteiger partial charge in [0.15, 0.2) is 5.82 Å². The van der Waals surface area contributed by atoms with E-state index < -0.39 is 0 Å². The number of carbonyl (C=O) groups excluding carboxylic acids is 2. The molecule has 2 saturated heterocycles. The van der Waals surface area contributed by atoms with Crippen LogP contribution in [-0.2, 0) is 9.59 Å². The van der Waals surface area contributed by atoms with E-state index in [2.05, 4.69) is 37.4 Å². The number of likely N-dealkylation sites (tertiary alicyclic amines) is 1. The zero-order valence-corrected chi connectivity index (χ0v) is 17.7. The van der Waals surface area contributed by atoms with Gasteiger partial charge in [-0.2, -0.15) is 5.10 Å². The van der Waals surface area contributed by atoms with Crippen molar-refractivity contribution in [3.8, 4) is 0 Å². The highest BCUT2D eigenvalue weighted by molar-refractivity contribution is 5.94. The third kappa shape index (κ3) is 4.27. The summed E-state index contributed by atoms with van der Waals surface area (Å²) in [5.41, 5.74) is 2.13. The van der Waals surface area contributed by atoms with Gasteiger partial charge in [-0.15, -0.1) is 5.10 Å². The highest BCUT2D eigenvalue weighted by Crippen LogP contribution is 2.33. The molecule has 3 heterocycles. The second-order valence-electron chi connectivity index (χ2n) is 9.02. The number of piperidine rings is 1. The highest BCUT2D eigenvalue weighted by atomic mass is 16.2. The first kappa shape index (κ1) is 20.0. The largest absolute Gasteiger partial charge is 0.353 e. The average Bonchev–Trinajstić information content (AvgIpc) is 2.73. The molecular weight excluding hydrogens is 390 g/mol. The fourth-order valence-corrected chi connectivity index (χ4v) is 4.72. The van der Waals surface area contributed by atoms with Crippen LogP contribution >= 0.6 is 0 Å². The van der Waals surface area contributed by atoms with Crippen molar-refractivity contribution in [3.05, 3.63) is 48.2 Å². The van der Waals surface area contributed by atoms with Crippen LogP contribution in [0, 0.1) is 11.8 Å². The molecular formula is C24H29N5O2. The van der Waals surface area contributed by atoms with Crippen LogP contribution < -0.4 is 10.2 Å². The Hall–Kier alpha value is -2.96. The molecule has 1 aliphatic carbocycles. The van der Waals surface area contributed by atoms with E-state index in [-0.39, 0.29) is 11.8 Å². The number of hydrogen-bond donors (Lipinski definition) is 1. The number of nitrogens with zero attached hydrogens (tertiary/aromatic N) is 4. The third-order valence-corrected chi connectivity index (χ3v) is 7.05. The first-order chi connectivity index (χ1) is 15.2. The van der Waals surface area contributed by atoms with Gasteiger partial charge in [0.1, 0.15) is 0 Å². The second-order valence-corrected chi connectivity index (χ2v) is 9.02. The summed E-state index contributed by atoms with van der Waals surface area (Å²) in [4.78, 5) is 29.1. The van der Waals surface area contributed by atoms with E-state index in [9.17, 15) is 9.59 Å². The average molecular weight is 420 g/mol. The summed E-state index contributed by atoms with van der Waals surface area (Å²) in [6.45, 7) is 3.06. The molecule has 162 valence electrons. The molecule has 7 heteroatoms. The summed E-state index contributed by atoms with van der Waals surface area (Å²) in [6, 6.07) is 12.0. The van der Waals surface area contributed by atoms with Crippen LogP contribution in [0.2, 0.25) is 0 Å². The molecule has 31 heavy (non-hydrogen) atoms. The first-order valence-corrected chi connectivity index (χ1v) is 11.4. The van der Waals surface area contributed by atoms with Crippen LogP contribution in [-0.4, -0.2) is 53.1 Å². The van der Waals surface area contributed by atoms with Gasteiger partial charge >= 0.3 is 0 Å². The van der Waals surface area contributed by atoms with Crippen LogP contribution in [0.1, 0.15) is 43.6 Å². The minimum Gasteiger partial charge on any atom is -0.353 e. The van der Waals surface area contributed by atoms with E-state index >= 15 is 0 Å². The van der Waals surface area contributed by atoms with Gasteiger partial charge in [-0.05, 0) is 61.4 Å². The third-order valence-electron chi connectivity index (χ3n) is 7.05. The Morgan fingerprint density at radius 2 is 1.68 bits per heavy atom. The summed E-state index contributed by atoms with van der Waals surface area (Å²) in [6.07, 6.45) is 7.04. The van der Waals surface area contributed by atoms with Crippen molar-refractivity contribution in [1.82, 2.24) is 15.1 Å². The maximum absolute atomic E-state index is 12.5. The lowest BCUT2D eigenvalue weighted by Crippen LogP contribution is -2.52. The molecule has 2 aliphatic heterocycles. The molecule has 0 radical (unpaired) electrons. The number of carbonyl (C=O) groups is 2. The molecule has 1 aromatic carbocycles. The molecule has 5 rings (SSSR count). The molecule has 7 nitrogen and oxygen atoms in total. The van der Waals surface area contributed by atoms with Gasteiger partial charge in [0.2, 0.25) is 11.8 Å². The van der Waals surface area contributed by atoms with Crippen molar-refractivity contribution >= 4 is 23.3 Å². The zero-order valence-electron chi connectivity index (χ0n) is 17.7. The molecule has 1 N–H and O–H groups in total. The van der Waals surface area contributed by atoms with Gasteiger partial charge in [-0.3, -0.25) is 9.59 Å². The van der Waals surface area contributed by atoms with E-state index in [0.29, 0.717) is 30.8 Å². The SMILES string of the molecule is O=C(Nc1ccc(C2CCN(C(=O)C3CCC3)CC2)cc1)C1CN(c2cccnn2)C1. The predicted octanol–water partition coefficient (Wildman–Crippen LogP) is 3.06. The molecule has 1 saturated carbocycles. The lowest BCUT2D eigenvalue weighted by molar-refractivity contribution is -0.139. The quantitative estimate of drug-likeness (QED) is 0.806. The minimum absolute atomic E-state index is 0.0285. The summed E-state index contributed by atoms with van der Waals surface area (Å²) < 4.78 is 0. The van der Waals surface area contributed by atoms with E-state index in [1.807, 2.05) is 24.3 Å². The van der Waals surface area contributed by atoms with Crippen molar-refractivity contribution < 1.29 is 9.59 Å². The van der Waals surface area contributed by atoms with Gasteiger partial charge in [0.05, 0.1) is 5.92 Å². The summed E-state index contributed by atoms with van der Waals surface area (Å²) in [7, 11) is 0. The summed E-state index contributed by atoms with van der Waals surface area (Å²) in [5.74, 6) is 1.99. The lowest BCUT2D eigenvalue weighted by atomic mass is 9.83. The molecule has 0 bridgehead atoms. The van der Waals surface area contributed by atoms with Crippen molar-refractivity contribution in [3.63, 3.8) is 0 Å². The molecule has 0 atom stereocenters. The minimum atomic E-state index is -0.0285. The maximum atomic E-state index is 12.5. The van der Waals surface area contributed by atoms with E-state index in [1.165, 1.54) is 12.0 Å². The van der Waals surface area contributed by atoms with Crippen molar-refractivity contribution in [2.75, 3.05) is 36.4 Å². The fraction of sp³-hybridized carbons (Fsp3) is 0.500. The fourth-order valence-electron chi connectivity index (χ4n) is 4.72. The van der Waals surface area contributed by atoms with Gasteiger partial charge < -0.3 is 15.1 Å². The molecule has 3 fully saturated rings. The number of amides is 2. The highest BCUT2D eigenvalue weighted by Gasteiger charge is 2.34. The van der Waals surface area contributed by atoms with Crippen LogP contribution in [0.25, 0.3) is 0 Å². The number of aromatic nitrogens is 2. The Morgan fingerprint density at radius 1 is 0.935 bits per heavy atom. The Labute approximate surface area is 182 Å². The van der Waals surface area contributed by atoms with Crippen molar-refractivity contribution in [1.29, 1.82) is 0 Å². The molecule has 2 aromatic rings. The van der Waals surface area contributed by atoms with Crippen LogP contribution in [0.4, 0.5) is 11.5 Å². The predicted molar refractivity (Wildman–Crippen MR) is 119 cm³/mol.